The second-order valence-corrected chi connectivity index (χ2v) is 2.34. The zero-order valence-electron chi connectivity index (χ0n) is 7.02. The predicted molar refractivity (Wildman–Crippen MR) is 46.7 cm³/mol. The Labute approximate surface area is 69.3 Å². The lowest BCUT2D eigenvalue weighted by molar-refractivity contribution is 0.242. The van der Waals surface area contributed by atoms with Gasteiger partial charge in [0.1, 0.15) is 0 Å². The standard InChI is InChI=1S/C7H15BN2O/c1-2-3-4-5-9-7(11)10-6-8/h2-6H2,1H3,(H2,9,10,11). The number of rotatable bonds is 5. The van der Waals surface area contributed by atoms with Crippen LogP contribution in [0, 0.1) is 0 Å². The van der Waals surface area contributed by atoms with E-state index < -0.39 is 0 Å². The quantitative estimate of drug-likeness (QED) is 0.441. The van der Waals surface area contributed by atoms with Crippen molar-refractivity contribution < 1.29 is 4.79 Å². The number of carbonyl (C=O) groups is 1. The predicted octanol–water partition coefficient (Wildman–Crippen LogP) is 0.602. The van der Waals surface area contributed by atoms with Gasteiger partial charge in [-0.25, -0.2) is 4.79 Å². The topological polar surface area (TPSA) is 41.1 Å². The number of amides is 2. The summed E-state index contributed by atoms with van der Waals surface area (Å²) in [4.78, 5) is 10.7. The van der Waals surface area contributed by atoms with Gasteiger partial charge in [-0.1, -0.05) is 19.8 Å². The van der Waals surface area contributed by atoms with Gasteiger partial charge >= 0.3 is 6.03 Å². The van der Waals surface area contributed by atoms with E-state index in [1.165, 1.54) is 6.42 Å². The summed E-state index contributed by atoms with van der Waals surface area (Å²) in [7, 11) is 5.09. The average Bonchev–Trinajstić information content (AvgIpc) is 1.99. The fourth-order valence-corrected chi connectivity index (χ4v) is 0.732. The van der Waals surface area contributed by atoms with Crippen LogP contribution in [0.15, 0.2) is 0 Å². The maximum absolute atomic E-state index is 10.7. The van der Waals surface area contributed by atoms with E-state index in [9.17, 15) is 4.79 Å². The SMILES string of the molecule is [B]CNC(=O)NCCCCC. The molecular weight excluding hydrogens is 139 g/mol. The van der Waals surface area contributed by atoms with Crippen molar-refractivity contribution >= 4 is 13.9 Å². The highest BCUT2D eigenvalue weighted by atomic mass is 16.2. The van der Waals surface area contributed by atoms with Crippen LogP contribution in [0.4, 0.5) is 4.79 Å². The minimum Gasteiger partial charge on any atom is -0.347 e. The van der Waals surface area contributed by atoms with Crippen molar-refractivity contribution in [2.75, 3.05) is 13.0 Å². The Morgan fingerprint density at radius 3 is 2.64 bits per heavy atom. The molecule has 0 aromatic rings. The van der Waals surface area contributed by atoms with E-state index in [0.717, 1.165) is 19.4 Å². The van der Waals surface area contributed by atoms with E-state index in [-0.39, 0.29) is 12.5 Å². The summed E-state index contributed by atoms with van der Waals surface area (Å²) in [6.07, 6.45) is 3.55. The molecule has 0 rings (SSSR count). The summed E-state index contributed by atoms with van der Waals surface area (Å²) in [5.74, 6) is 0. The zero-order chi connectivity index (χ0) is 8.53. The third-order valence-electron chi connectivity index (χ3n) is 1.33. The summed E-state index contributed by atoms with van der Waals surface area (Å²) in [5.41, 5.74) is 0. The maximum atomic E-state index is 10.7. The van der Waals surface area contributed by atoms with Crippen LogP contribution in [0.1, 0.15) is 26.2 Å². The van der Waals surface area contributed by atoms with Crippen LogP contribution in [0.25, 0.3) is 0 Å². The molecule has 0 aromatic carbocycles. The van der Waals surface area contributed by atoms with Crippen LogP contribution in [0.3, 0.4) is 0 Å². The fraction of sp³-hybridized carbons (Fsp3) is 0.857. The lowest BCUT2D eigenvalue weighted by Crippen LogP contribution is -2.36. The molecule has 3 nitrogen and oxygen atoms in total. The Morgan fingerprint density at radius 2 is 2.09 bits per heavy atom. The molecule has 0 heterocycles. The first kappa shape index (κ1) is 10.3. The molecule has 0 aliphatic carbocycles. The third kappa shape index (κ3) is 7.23. The smallest absolute Gasteiger partial charge is 0.314 e. The summed E-state index contributed by atoms with van der Waals surface area (Å²) in [6, 6.07) is -0.177. The number of urea groups is 1. The first-order valence-corrected chi connectivity index (χ1v) is 4.03. The van der Waals surface area contributed by atoms with E-state index in [4.69, 9.17) is 7.85 Å². The van der Waals surface area contributed by atoms with Gasteiger partial charge in [0, 0.05) is 6.54 Å². The monoisotopic (exact) mass is 154 g/mol. The first-order chi connectivity index (χ1) is 5.31. The average molecular weight is 154 g/mol. The van der Waals surface area contributed by atoms with Crippen LogP contribution < -0.4 is 10.6 Å². The molecule has 62 valence electrons. The molecule has 4 heteroatoms. The van der Waals surface area contributed by atoms with Gasteiger partial charge in [-0.15, -0.1) is 0 Å². The van der Waals surface area contributed by atoms with Crippen molar-refractivity contribution in [3.8, 4) is 0 Å². The molecule has 2 amide bonds. The van der Waals surface area contributed by atoms with Gasteiger partial charge in [0.2, 0.25) is 0 Å². The summed E-state index contributed by atoms with van der Waals surface area (Å²) < 4.78 is 0. The number of hydrogen-bond donors (Lipinski definition) is 2. The van der Waals surface area contributed by atoms with Gasteiger partial charge in [0.05, 0.1) is 7.85 Å². The van der Waals surface area contributed by atoms with Crippen LogP contribution in [0.2, 0.25) is 0 Å². The van der Waals surface area contributed by atoms with E-state index >= 15 is 0 Å². The van der Waals surface area contributed by atoms with Crippen LogP contribution in [-0.4, -0.2) is 26.9 Å². The molecule has 0 saturated heterocycles. The van der Waals surface area contributed by atoms with E-state index in [0.29, 0.717) is 0 Å². The number of hydrogen-bond acceptors (Lipinski definition) is 1. The van der Waals surface area contributed by atoms with Crippen LogP contribution in [0.5, 0.6) is 0 Å². The Balaban J connectivity index is 3.04. The Morgan fingerprint density at radius 1 is 1.36 bits per heavy atom. The summed E-state index contributed by atoms with van der Waals surface area (Å²) >= 11 is 0. The van der Waals surface area contributed by atoms with Gasteiger partial charge in [-0.3, -0.25) is 0 Å². The number of nitrogens with one attached hydrogen (secondary N) is 2. The van der Waals surface area contributed by atoms with Crippen molar-refractivity contribution in [3.05, 3.63) is 0 Å². The minimum atomic E-state index is -0.177. The van der Waals surface area contributed by atoms with Crippen molar-refractivity contribution in [2.24, 2.45) is 0 Å². The van der Waals surface area contributed by atoms with Crippen molar-refractivity contribution in [1.82, 2.24) is 10.6 Å². The van der Waals surface area contributed by atoms with E-state index in [2.05, 4.69) is 17.6 Å². The molecule has 0 saturated carbocycles. The second-order valence-electron chi connectivity index (χ2n) is 2.34. The van der Waals surface area contributed by atoms with Gasteiger partial charge in [0.15, 0.2) is 0 Å². The molecule has 0 bridgehead atoms. The Bertz CT molecular complexity index is 109. The molecular formula is C7H15BN2O. The molecule has 11 heavy (non-hydrogen) atoms. The zero-order valence-corrected chi connectivity index (χ0v) is 7.02. The highest BCUT2D eigenvalue weighted by Gasteiger charge is 1.94. The van der Waals surface area contributed by atoms with Crippen molar-refractivity contribution in [2.45, 2.75) is 26.2 Å². The maximum Gasteiger partial charge on any atom is 0.314 e. The highest BCUT2D eigenvalue weighted by Crippen LogP contribution is 1.90. The second kappa shape index (κ2) is 7.44. The molecule has 0 aliphatic rings. The summed E-state index contributed by atoms with van der Waals surface area (Å²) in [6.45, 7) is 2.86. The van der Waals surface area contributed by atoms with Gasteiger partial charge in [-0.2, -0.15) is 0 Å². The summed E-state index contributed by atoms with van der Waals surface area (Å²) in [5, 5.41) is 5.14. The van der Waals surface area contributed by atoms with Gasteiger partial charge in [-0.05, 0) is 12.9 Å². The highest BCUT2D eigenvalue weighted by molar-refractivity contribution is 6.09. The van der Waals surface area contributed by atoms with Gasteiger partial charge < -0.3 is 10.6 Å². The van der Waals surface area contributed by atoms with E-state index in [1.807, 2.05) is 0 Å². The normalized spacial score (nSPS) is 9.18. The minimum absolute atomic E-state index is 0.177. The largest absolute Gasteiger partial charge is 0.347 e. The van der Waals surface area contributed by atoms with Crippen molar-refractivity contribution in [3.63, 3.8) is 0 Å². The number of carbonyl (C=O) groups excluding carboxylic acids is 1. The van der Waals surface area contributed by atoms with E-state index in [1.54, 1.807) is 0 Å². The molecule has 0 spiro atoms. The third-order valence-corrected chi connectivity index (χ3v) is 1.33. The van der Waals surface area contributed by atoms with Crippen molar-refractivity contribution in [1.29, 1.82) is 0 Å². The molecule has 0 fully saturated rings. The van der Waals surface area contributed by atoms with Crippen LogP contribution >= 0.6 is 0 Å². The lowest BCUT2D eigenvalue weighted by atomic mass is 10.2. The fourth-order valence-electron chi connectivity index (χ4n) is 0.732. The molecule has 0 atom stereocenters. The molecule has 0 unspecified atom stereocenters. The first-order valence-electron chi connectivity index (χ1n) is 4.03. The Hall–Kier alpha value is -0.665. The Kier molecular flexibility index (Phi) is 6.99. The molecule has 2 N–H and O–H groups in total. The number of unbranched alkanes of at least 4 members (excludes halogenated alkanes) is 2. The molecule has 0 aromatic heterocycles. The van der Waals surface area contributed by atoms with Crippen LogP contribution in [-0.2, 0) is 0 Å². The van der Waals surface area contributed by atoms with Gasteiger partial charge in [0.25, 0.3) is 0 Å². The molecule has 2 radical (unpaired) electrons. The lowest BCUT2D eigenvalue weighted by Gasteiger charge is -2.04. The molecule has 0 aliphatic heterocycles.